The van der Waals surface area contributed by atoms with Crippen molar-refractivity contribution in [3.63, 3.8) is 0 Å². The van der Waals surface area contributed by atoms with Gasteiger partial charge in [0.05, 0.1) is 13.5 Å². The van der Waals surface area contributed by atoms with Gasteiger partial charge in [0.1, 0.15) is 5.75 Å². The zero-order chi connectivity index (χ0) is 14.7. The lowest BCUT2D eigenvalue weighted by Gasteiger charge is -2.30. The van der Waals surface area contributed by atoms with Crippen molar-refractivity contribution >= 4 is 5.91 Å². The number of carbonyl (C=O) groups is 1. The first-order valence-electron chi connectivity index (χ1n) is 7.43. The monoisotopic (exact) mass is 275 g/mol. The molecule has 1 aromatic rings. The minimum absolute atomic E-state index is 0.224. The van der Waals surface area contributed by atoms with Crippen LogP contribution in [-0.4, -0.2) is 31.0 Å². The molecule has 2 rings (SSSR count). The number of hydrogen-bond donors (Lipinski definition) is 0. The molecular weight excluding hydrogens is 250 g/mol. The molecule has 1 aliphatic rings. The Hall–Kier alpha value is -1.51. The topological polar surface area (TPSA) is 29.5 Å². The first-order chi connectivity index (χ1) is 9.51. The summed E-state index contributed by atoms with van der Waals surface area (Å²) in [6, 6.07) is 4.12. The second kappa shape index (κ2) is 6.29. The number of rotatable bonds is 3. The smallest absolute Gasteiger partial charge is 0.227 e. The van der Waals surface area contributed by atoms with Crippen LogP contribution in [-0.2, 0) is 11.2 Å². The van der Waals surface area contributed by atoms with E-state index in [4.69, 9.17) is 4.74 Å². The van der Waals surface area contributed by atoms with Crippen LogP contribution in [0.5, 0.6) is 5.75 Å². The lowest BCUT2D eigenvalue weighted by molar-refractivity contribution is -0.131. The number of amides is 1. The molecule has 1 aliphatic heterocycles. The van der Waals surface area contributed by atoms with E-state index in [0.717, 1.165) is 48.7 Å². The van der Waals surface area contributed by atoms with Gasteiger partial charge in [-0.15, -0.1) is 0 Å². The van der Waals surface area contributed by atoms with Crippen LogP contribution >= 0.6 is 0 Å². The molecule has 0 spiro atoms. The summed E-state index contributed by atoms with van der Waals surface area (Å²) < 4.78 is 5.44. The van der Waals surface area contributed by atoms with Gasteiger partial charge in [0, 0.05) is 18.7 Å². The van der Waals surface area contributed by atoms with Crippen molar-refractivity contribution in [3.8, 4) is 5.75 Å². The third-order valence-electron chi connectivity index (χ3n) is 4.26. The quantitative estimate of drug-likeness (QED) is 0.848. The molecule has 1 aromatic carbocycles. The summed E-state index contributed by atoms with van der Waals surface area (Å²) in [7, 11) is 1.67. The fourth-order valence-corrected chi connectivity index (χ4v) is 2.89. The van der Waals surface area contributed by atoms with Crippen molar-refractivity contribution in [3.05, 3.63) is 28.8 Å². The first kappa shape index (κ1) is 14.9. The second-order valence-corrected chi connectivity index (χ2v) is 6.00. The van der Waals surface area contributed by atoms with Crippen molar-refractivity contribution in [2.24, 2.45) is 5.92 Å². The molecule has 1 amide bonds. The summed E-state index contributed by atoms with van der Waals surface area (Å²) in [5.41, 5.74) is 3.34. The van der Waals surface area contributed by atoms with E-state index >= 15 is 0 Å². The van der Waals surface area contributed by atoms with Crippen molar-refractivity contribution in [2.45, 2.75) is 40.0 Å². The van der Waals surface area contributed by atoms with E-state index in [9.17, 15) is 4.79 Å². The van der Waals surface area contributed by atoms with Crippen LogP contribution in [0.15, 0.2) is 12.1 Å². The Morgan fingerprint density at radius 3 is 2.55 bits per heavy atom. The van der Waals surface area contributed by atoms with Crippen LogP contribution in [0.2, 0.25) is 0 Å². The van der Waals surface area contributed by atoms with Crippen molar-refractivity contribution in [1.82, 2.24) is 4.90 Å². The number of likely N-dealkylation sites (tertiary alicyclic amines) is 1. The van der Waals surface area contributed by atoms with Crippen molar-refractivity contribution in [2.75, 3.05) is 20.2 Å². The number of nitrogens with zero attached hydrogens (tertiary/aromatic N) is 1. The van der Waals surface area contributed by atoms with E-state index in [2.05, 4.69) is 19.9 Å². The molecule has 3 nitrogen and oxygen atoms in total. The number of piperidine rings is 1. The molecule has 0 N–H and O–H groups in total. The molecule has 0 saturated carbocycles. The largest absolute Gasteiger partial charge is 0.496 e. The molecule has 0 unspecified atom stereocenters. The predicted molar refractivity (Wildman–Crippen MR) is 81.2 cm³/mol. The highest BCUT2D eigenvalue weighted by molar-refractivity contribution is 5.80. The third kappa shape index (κ3) is 3.33. The van der Waals surface area contributed by atoms with E-state index in [1.165, 1.54) is 5.56 Å². The molecule has 110 valence electrons. The van der Waals surface area contributed by atoms with Gasteiger partial charge in [-0.3, -0.25) is 4.79 Å². The van der Waals surface area contributed by atoms with Crippen LogP contribution in [0.25, 0.3) is 0 Å². The fourth-order valence-electron chi connectivity index (χ4n) is 2.89. The maximum Gasteiger partial charge on any atom is 0.227 e. The molecule has 0 aliphatic carbocycles. The Morgan fingerprint density at radius 2 is 1.95 bits per heavy atom. The SMILES string of the molecule is COc1cc(C)cc(C)c1CC(=O)N1CCC(C)CC1. The Morgan fingerprint density at radius 1 is 1.30 bits per heavy atom. The van der Waals surface area contributed by atoms with Gasteiger partial charge in [-0.25, -0.2) is 0 Å². The number of ether oxygens (including phenoxy) is 1. The minimum Gasteiger partial charge on any atom is -0.496 e. The van der Waals surface area contributed by atoms with Crippen LogP contribution in [0.1, 0.15) is 36.5 Å². The van der Waals surface area contributed by atoms with E-state index < -0.39 is 0 Å². The van der Waals surface area contributed by atoms with E-state index in [1.807, 2.05) is 17.9 Å². The summed E-state index contributed by atoms with van der Waals surface area (Å²) in [5, 5.41) is 0. The molecule has 0 atom stereocenters. The number of benzene rings is 1. The molecule has 1 heterocycles. The van der Waals surface area contributed by atoms with E-state index in [-0.39, 0.29) is 5.91 Å². The average molecular weight is 275 g/mol. The van der Waals surface area contributed by atoms with Gasteiger partial charge in [0.25, 0.3) is 0 Å². The van der Waals surface area contributed by atoms with Gasteiger partial charge < -0.3 is 9.64 Å². The van der Waals surface area contributed by atoms with Gasteiger partial charge in [0.2, 0.25) is 5.91 Å². The lowest BCUT2D eigenvalue weighted by Crippen LogP contribution is -2.38. The predicted octanol–water partition coefficient (Wildman–Crippen LogP) is 3.11. The van der Waals surface area contributed by atoms with Crippen molar-refractivity contribution in [1.29, 1.82) is 0 Å². The van der Waals surface area contributed by atoms with Crippen LogP contribution in [0.3, 0.4) is 0 Å². The zero-order valence-corrected chi connectivity index (χ0v) is 13.0. The molecule has 1 saturated heterocycles. The Kier molecular flexibility index (Phi) is 4.69. The van der Waals surface area contributed by atoms with Crippen LogP contribution in [0.4, 0.5) is 0 Å². The number of hydrogen-bond acceptors (Lipinski definition) is 2. The normalized spacial score (nSPS) is 16.3. The standard InChI is InChI=1S/C17H25NO2/c1-12-5-7-18(8-6-12)17(19)11-15-14(3)9-13(2)10-16(15)20-4/h9-10,12H,5-8,11H2,1-4H3. The molecular formula is C17H25NO2. The van der Waals surface area contributed by atoms with Crippen LogP contribution in [0, 0.1) is 19.8 Å². The Labute approximate surface area is 121 Å². The highest BCUT2D eigenvalue weighted by Crippen LogP contribution is 2.26. The van der Waals surface area contributed by atoms with Gasteiger partial charge in [0.15, 0.2) is 0 Å². The van der Waals surface area contributed by atoms with Crippen molar-refractivity contribution < 1.29 is 9.53 Å². The van der Waals surface area contributed by atoms with Gasteiger partial charge >= 0.3 is 0 Å². The Balaban J connectivity index is 2.11. The van der Waals surface area contributed by atoms with Gasteiger partial charge in [-0.1, -0.05) is 13.0 Å². The second-order valence-electron chi connectivity index (χ2n) is 6.00. The average Bonchev–Trinajstić information content (AvgIpc) is 2.42. The molecule has 20 heavy (non-hydrogen) atoms. The summed E-state index contributed by atoms with van der Waals surface area (Å²) in [5.74, 6) is 1.80. The number of methoxy groups -OCH3 is 1. The molecule has 0 radical (unpaired) electrons. The fraction of sp³-hybridized carbons (Fsp3) is 0.588. The zero-order valence-electron chi connectivity index (χ0n) is 13.0. The summed E-state index contributed by atoms with van der Waals surface area (Å²) >= 11 is 0. The molecule has 3 heteroatoms. The lowest BCUT2D eigenvalue weighted by atomic mass is 9.97. The summed E-state index contributed by atoms with van der Waals surface area (Å²) in [4.78, 5) is 14.4. The summed E-state index contributed by atoms with van der Waals surface area (Å²) in [6.07, 6.45) is 2.69. The highest BCUT2D eigenvalue weighted by Gasteiger charge is 2.22. The first-order valence-corrected chi connectivity index (χ1v) is 7.43. The minimum atomic E-state index is 0.224. The summed E-state index contributed by atoms with van der Waals surface area (Å²) in [6.45, 7) is 8.15. The Bertz CT molecular complexity index is 488. The van der Waals surface area contributed by atoms with E-state index in [1.54, 1.807) is 7.11 Å². The van der Waals surface area contributed by atoms with Gasteiger partial charge in [-0.05, 0) is 49.8 Å². The molecule has 0 bridgehead atoms. The van der Waals surface area contributed by atoms with E-state index in [0.29, 0.717) is 6.42 Å². The van der Waals surface area contributed by atoms with Crippen LogP contribution < -0.4 is 4.74 Å². The maximum atomic E-state index is 12.4. The van der Waals surface area contributed by atoms with Gasteiger partial charge in [-0.2, -0.15) is 0 Å². The maximum absolute atomic E-state index is 12.4. The number of carbonyl (C=O) groups excluding carboxylic acids is 1. The molecule has 0 aromatic heterocycles. The molecule has 1 fully saturated rings. The number of aryl methyl sites for hydroxylation is 2. The third-order valence-corrected chi connectivity index (χ3v) is 4.26. The highest BCUT2D eigenvalue weighted by atomic mass is 16.5.